The first-order valence-electron chi connectivity index (χ1n) is 10.3. The van der Waals surface area contributed by atoms with Crippen LogP contribution >= 0.6 is 0 Å². The van der Waals surface area contributed by atoms with Crippen molar-refractivity contribution in [1.82, 2.24) is 9.80 Å². The molecular formula is C21H27N3O4. The highest BCUT2D eigenvalue weighted by molar-refractivity contribution is 6.16. The molecule has 7 nitrogen and oxygen atoms in total. The molecule has 2 spiro atoms. The van der Waals surface area contributed by atoms with Crippen LogP contribution in [0.5, 0.6) is 0 Å². The number of fused-ring (bicyclic) bond motifs is 1. The van der Waals surface area contributed by atoms with Crippen LogP contribution in [0.15, 0.2) is 24.3 Å². The summed E-state index contributed by atoms with van der Waals surface area (Å²) < 4.78 is 0. The van der Waals surface area contributed by atoms with Gasteiger partial charge in [-0.15, -0.1) is 0 Å². The number of nitro groups is 1. The van der Waals surface area contributed by atoms with Gasteiger partial charge >= 0.3 is 0 Å². The maximum atomic E-state index is 13.4. The summed E-state index contributed by atoms with van der Waals surface area (Å²) in [6, 6.07) is 6.07. The number of carbonyl (C=O) groups is 2. The van der Waals surface area contributed by atoms with E-state index in [2.05, 4.69) is 6.92 Å². The standard InChI is InChI=1S/C21H27N3O4/c1-3-4-14-23-17(15-8-10-16(11-9-15)24(27)28)21(19(23)26)18(25)22(2)20(21)12-6-5-7-13-20/h8-11,17H,3-7,12-14H2,1-2H3/t17-,21+/m0/s1. The van der Waals surface area contributed by atoms with Gasteiger partial charge in [-0.25, -0.2) is 0 Å². The number of hydrogen-bond donors (Lipinski definition) is 0. The van der Waals surface area contributed by atoms with Gasteiger partial charge in [0.05, 0.1) is 16.5 Å². The van der Waals surface area contributed by atoms with E-state index in [9.17, 15) is 19.7 Å². The van der Waals surface area contributed by atoms with Gasteiger partial charge in [0, 0.05) is 25.7 Å². The minimum Gasteiger partial charge on any atom is -0.337 e. The molecule has 0 bridgehead atoms. The molecule has 2 heterocycles. The van der Waals surface area contributed by atoms with Crippen LogP contribution in [0.2, 0.25) is 0 Å². The van der Waals surface area contributed by atoms with E-state index in [1.54, 1.807) is 17.0 Å². The van der Waals surface area contributed by atoms with E-state index in [-0.39, 0.29) is 23.5 Å². The molecule has 1 aromatic carbocycles. The van der Waals surface area contributed by atoms with Gasteiger partial charge in [0.15, 0.2) is 5.41 Å². The van der Waals surface area contributed by atoms with Crippen molar-refractivity contribution < 1.29 is 14.5 Å². The van der Waals surface area contributed by atoms with Crippen molar-refractivity contribution in [2.75, 3.05) is 13.6 Å². The third-order valence-corrected chi connectivity index (χ3v) is 7.19. The minimum atomic E-state index is -1.02. The summed E-state index contributed by atoms with van der Waals surface area (Å²) in [4.78, 5) is 40.9. The van der Waals surface area contributed by atoms with Crippen LogP contribution in [0.25, 0.3) is 0 Å². The van der Waals surface area contributed by atoms with Crippen LogP contribution < -0.4 is 0 Å². The number of likely N-dealkylation sites (tertiary alicyclic amines) is 2. The van der Waals surface area contributed by atoms with Crippen LogP contribution in [0, 0.1) is 15.5 Å². The number of benzene rings is 1. The number of β-lactam (4-membered cyclic amide) rings is 2. The fraction of sp³-hybridized carbons (Fsp3) is 0.619. The lowest BCUT2D eigenvalue weighted by Gasteiger charge is -2.73. The molecule has 3 fully saturated rings. The number of nitro benzene ring substituents is 1. The zero-order chi connectivity index (χ0) is 20.1. The Hall–Kier alpha value is -2.44. The summed E-state index contributed by atoms with van der Waals surface area (Å²) in [5, 5.41) is 11.0. The van der Waals surface area contributed by atoms with Crippen LogP contribution in [-0.4, -0.2) is 45.7 Å². The number of amides is 2. The van der Waals surface area contributed by atoms with E-state index in [0.717, 1.165) is 50.5 Å². The Morgan fingerprint density at radius 2 is 1.75 bits per heavy atom. The van der Waals surface area contributed by atoms with Crippen LogP contribution in [0.4, 0.5) is 5.69 Å². The summed E-state index contributed by atoms with van der Waals surface area (Å²) in [5.74, 6) is -0.134. The lowest BCUT2D eigenvalue weighted by molar-refractivity contribution is -0.384. The van der Waals surface area contributed by atoms with Crippen molar-refractivity contribution in [1.29, 1.82) is 0 Å². The van der Waals surface area contributed by atoms with Gasteiger partial charge in [-0.05, 0) is 24.8 Å². The van der Waals surface area contributed by atoms with E-state index >= 15 is 0 Å². The topological polar surface area (TPSA) is 83.8 Å². The zero-order valence-corrected chi connectivity index (χ0v) is 16.5. The molecule has 2 aliphatic heterocycles. The SMILES string of the molecule is CCCCN1C(=O)[C@]2(C(=O)N(C)C23CCCCC3)[C@@H]1c1ccc([N+](=O)[O-])cc1. The zero-order valence-electron chi connectivity index (χ0n) is 16.5. The number of nitrogens with zero attached hydrogens (tertiary/aromatic N) is 3. The van der Waals surface area contributed by atoms with E-state index in [1.807, 2.05) is 11.9 Å². The minimum absolute atomic E-state index is 0.0213. The smallest absolute Gasteiger partial charge is 0.269 e. The molecule has 0 unspecified atom stereocenters. The van der Waals surface area contributed by atoms with Crippen LogP contribution in [0.3, 0.4) is 0 Å². The molecule has 1 aromatic rings. The first kappa shape index (κ1) is 18.9. The normalized spacial score (nSPS) is 28.4. The van der Waals surface area contributed by atoms with E-state index < -0.39 is 15.9 Å². The first-order valence-corrected chi connectivity index (χ1v) is 10.3. The third kappa shape index (κ3) is 2.16. The van der Waals surface area contributed by atoms with E-state index in [4.69, 9.17) is 0 Å². The average molecular weight is 385 g/mol. The summed E-state index contributed by atoms with van der Waals surface area (Å²) in [7, 11) is 1.83. The molecule has 150 valence electrons. The van der Waals surface area contributed by atoms with Gasteiger partial charge in [0.25, 0.3) is 5.69 Å². The van der Waals surface area contributed by atoms with Crippen molar-refractivity contribution >= 4 is 17.5 Å². The molecule has 4 rings (SSSR count). The maximum absolute atomic E-state index is 13.4. The monoisotopic (exact) mass is 385 g/mol. The van der Waals surface area contributed by atoms with Crippen molar-refractivity contribution in [2.45, 2.75) is 63.5 Å². The molecule has 2 amide bonds. The molecule has 1 aliphatic carbocycles. The van der Waals surface area contributed by atoms with Gasteiger partial charge < -0.3 is 9.80 Å². The Bertz CT molecular complexity index is 815. The Balaban J connectivity index is 1.77. The second-order valence-corrected chi connectivity index (χ2v) is 8.37. The highest BCUT2D eigenvalue weighted by atomic mass is 16.6. The number of hydrogen-bond acceptors (Lipinski definition) is 4. The molecule has 2 atom stereocenters. The van der Waals surface area contributed by atoms with Crippen molar-refractivity contribution in [3.8, 4) is 0 Å². The van der Waals surface area contributed by atoms with Crippen molar-refractivity contribution in [3.05, 3.63) is 39.9 Å². The Kier molecular flexibility index (Phi) is 4.43. The molecular weight excluding hydrogens is 358 g/mol. The number of carbonyl (C=O) groups excluding carboxylic acids is 2. The summed E-state index contributed by atoms with van der Waals surface area (Å²) in [6.07, 6.45) is 6.72. The van der Waals surface area contributed by atoms with Gasteiger partial charge in [-0.1, -0.05) is 44.7 Å². The Morgan fingerprint density at radius 1 is 1.11 bits per heavy atom. The second-order valence-electron chi connectivity index (χ2n) is 8.37. The molecule has 0 radical (unpaired) electrons. The largest absolute Gasteiger partial charge is 0.337 e. The summed E-state index contributed by atoms with van der Waals surface area (Å²) in [5.41, 5.74) is -0.582. The van der Waals surface area contributed by atoms with Gasteiger partial charge in [0.2, 0.25) is 11.8 Å². The highest BCUT2D eigenvalue weighted by Crippen LogP contribution is 2.68. The molecule has 7 heteroatoms. The van der Waals surface area contributed by atoms with Crippen LogP contribution in [-0.2, 0) is 9.59 Å². The van der Waals surface area contributed by atoms with Crippen molar-refractivity contribution in [2.24, 2.45) is 5.41 Å². The highest BCUT2D eigenvalue weighted by Gasteiger charge is 2.83. The number of unbranched alkanes of at least 4 members (excludes halogenated alkanes) is 1. The Morgan fingerprint density at radius 3 is 2.32 bits per heavy atom. The fourth-order valence-corrected chi connectivity index (χ4v) is 5.79. The maximum Gasteiger partial charge on any atom is 0.269 e. The van der Waals surface area contributed by atoms with E-state index in [0.29, 0.717) is 6.54 Å². The van der Waals surface area contributed by atoms with E-state index in [1.165, 1.54) is 12.1 Å². The molecule has 0 N–H and O–H groups in total. The van der Waals surface area contributed by atoms with Gasteiger partial charge in [-0.3, -0.25) is 19.7 Å². The van der Waals surface area contributed by atoms with Crippen LogP contribution in [0.1, 0.15) is 63.5 Å². The molecule has 1 saturated carbocycles. The van der Waals surface area contributed by atoms with Gasteiger partial charge in [-0.2, -0.15) is 0 Å². The predicted octanol–water partition coefficient (Wildman–Crippen LogP) is 3.44. The number of non-ortho nitro benzene ring substituents is 1. The third-order valence-electron chi connectivity index (χ3n) is 7.19. The Labute approximate surface area is 164 Å². The molecule has 0 aromatic heterocycles. The predicted molar refractivity (Wildman–Crippen MR) is 103 cm³/mol. The lowest BCUT2D eigenvalue weighted by Crippen LogP contribution is -2.89. The molecule has 2 saturated heterocycles. The number of rotatable bonds is 5. The first-order chi connectivity index (χ1) is 13.4. The van der Waals surface area contributed by atoms with Gasteiger partial charge in [0.1, 0.15) is 0 Å². The average Bonchev–Trinajstić information content (AvgIpc) is 2.72. The second kappa shape index (κ2) is 6.57. The van der Waals surface area contributed by atoms with Crippen molar-refractivity contribution in [3.63, 3.8) is 0 Å². The fourth-order valence-electron chi connectivity index (χ4n) is 5.79. The quantitative estimate of drug-likeness (QED) is 0.336. The lowest BCUT2D eigenvalue weighted by atomic mass is 9.46. The summed E-state index contributed by atoms with van der Waals surface area (Å²) >= 11 is 0. The molecule has 28 heavy (non-hydrogen) atoms. The summed E-state index contributed by atoms with van der Waals surface area (Å²) in [6.45, 7) is 2.69. The molecule has 3 aliphatic rings.